The maximum absolute atomic E-state index is 13.2. The molecule has 236 valence electrons. The van der Waals surface area contributed by atoms with Crippen molar-refractivity contribution in [2.24, 2.45) is 5.92 Å². The summed E-state index contributed by atoms with van der Waals surface area (Å²) < 4.78 is 17.6. The molecule has 3 saturated heterocycles. The number of nitrogens with zero attached hydrogens (tertiary/aromatic N) is 1. The molecule has 0 saturated carbocycles. The van der Waals surface area contributed by atoms with Gasteiger partial charge in [0.15, 0.2) is 0 Å². The van der Waals surface area contributed by atoms with Crippen LogP contribution in [0, 0.1) is 5.92 Å². The number of benzene rings is 4. The van der Waals surface area contributed by atoms with Crippen molar-refractivity contribution >= 4 is 18.3 Å². The molecular formula is C38H38N2O6. The number of ether oxygens (including phenoxy) is 3. The first-order valence-electron chi connectivity index (χ1n) is 15.8. The summed E-state index contributed by atoms with van der Waals surface area (Å²) in [4.78, 5) is 39.0. The Labute approximate surface area is 269 Å². The number of aldehydes is 1. The summed E-state index contributed by atoms with van der Waals surface area (Å²) in [6.45, 7) is 3.35. The Balaban J connectivity index is 1.08. The Hall–Kier alpha value is -4.95. The minimum absolute atomic E-state index is 0.0811. The number of nitrogens with one attached hydrogen (secondary N) is 1. The maximum atomic E-state index is 13.2. The molecule has 1 unspecified atom stereocenters. The molecule has 3 heterocycles. The van der Waals surface area contributed by atoms with Crippen molar-refractivity contribution in [3.63, 3.8) is 0 Å². The van der Waals surface area contributed by atoms with Crippen molar-refractivity contribution in [2.45, 2.75) is 44.6 Å². The van der Waals surface area contributed by atoms with Crippen LogP contribution in [0.4, 0.5) is 4.79 Å². The van der Waals surface area contributed by atoms with Crippen molar-refractivity contribution < 1.29 is 28.6 Å². The second kappa shape index (κ2) is 14.9. The van der Waals surface area contributed by atoms with Crippen molar-refractivity contribution in [3.05, 3.63) is 137 Å². The second-order valence-corrected chi connectivity index (χ2v) is 11.9. The van der Waals surface area contributed by atoms with Crippen molar-refractivity contribution in [1.82, 2.24) is 10.2 Å². The number of amides is 1. The van der Waals surface area contributed by atoms with Gasteiger partial charge in [-0.1, -0.05) is 78.9 Å². The number of carbonyl (C=O) groups excluding carboxylic acids is 3. The lowest BCUT2D eigenvalue weighted by Crippen LogP contribution is -2.52. The fourth-order valence-corrected chi connectivity index (χ4v) is 6.18. The van der Waals surface area contributed by atoms with E-state index < -0.39 is 18.1 Å². The van der Waals surface area contributed by atoms with Gasteiger partial charge in [-0.3, -0.25) is 4.90 Å². The van der Waals surface area contributed by atoms with Gasteiger partial charge in [-0.05, 0) is 83.9 Å². The standard InChI is InChI=1S/C38H38N2O6/c41-21-18-27-12-14-28(15-13-27)25-45-37(42)33-10-4-6-29(22-33)26-44-34-11-5-9-32(23-34)36(31-7-2-1-3-8-31)39-38(43)46-35-24-40-19-16-30(35)17-20-40/h1-15,21-23,30,35-36H,16-20,24-26H2,(H,39,43)/t35?,36-/m0/s1. The average molecular weight is 619 g/mol. The fourth-order valence-electron chi connectivity index (χ4n) is 6.18. The van der Waals surface area contributed by atoms with E-state index >= 15 is 0 Å². The number of piperidine rings is 3. The number of hydrogen-bond donors (Lipinski definition) is 1. The van der Waals surface area contributed by atoms with Crippen LogP contribution >= 0.6 is 0 Å². The Bertz CT molecular complexity index is 1630. The molecule has 7 rings (SSSR count). The summed E-state index contributed by atoms with van der Waals surface area (Å²) in [6, 6.07) is 31.6. The van der Waals surface area contributed by atoms with Gasteiger partial charge >= 0.3 is 12.1 Å². The molecule has 46 heavy (non-hydrogen) atoms. The van der Waals surface area contributed by atoms with Crippen LogP contribution in [-0.4, -0.2) is 49.0 Å². The summed E-state index contributed by atoms with van der Waals surface area (Å²) in [5, 5.41) is 3.11. The van der Waals surface area contributed by atoms with Gasteiger partial charge in [0, 0.05) is 13.0 Å². The van der Waals surface area contributed by atoms with Crippen LogP contribution in [-0.2, 0) is 33.9 Å². The number of alkyl carbamates (subject to hydrolysis) is 1. The molecule has 0 aromatic heterocycles. The summed E-state index contributed by atoms with van der Waals surface area (Å²) in [5.41, 5.74) is 4.81. The van der Waals surface area contributed by atoms with E-state index in [1.54, 1.807) is 18.2 Å². The van der Waals surface area contributed by atoms with E-state index in [0.717, 1.165) is 66.6 Å². The third-order valence-corrected chi connectivity index (χ3v) is 8.72. The van der Waals surface area contributed by atoms with E-state index in [2.05, 4.69) is 10.2 Å². The van der Waals surface area contributed by atoms with E-state index in [4.69, 9.17) is 14.2 Å². The zero-order valence-electron chi connectivity index (χ0n) is 25.7. The second-order valence-electron chi connectivity index (χ2n) is 11.9. The fraction of sp³-hybridized carbons (Fsp3) is 0.289. The monoisotopic (exact) mass is 618 g/mol. The zero-order chi connectivity index (χ0) is 31.7. The van der Waals surface area contributed by atoms with Crippen molar-refractivity contribution in [2.75, 3.05) is 19.6 Å². The van der Waals surface area contributed by atoms with Gasteiger partial charge in [-0.25, -0.2) is 9.59 Å². The molecule has 1 N–H and O–H groups in total. The van der Waals surface area contributed by atoms with E-state index in [9.17, 15) is 14.4 Å². The highest BCUT2D eigenvalue weighted by atomic mass is 16.6. The number of fused-ring (bicyclic) bond motifs is 3. The Morgan fingerprint density at radius 3 is 2.28 bits per heavy atom. The Morgan fingerprint density at radius 2 is 1.54 bits per heavy atom. The smallest absolute Gasteiger partial charge is 0.408 e. The minimum Gasteiger partial charge on any atom is -0.489 e. The molecule has 4 aromatic carbocycles. The van der Waals surface area contributed by atoms with Crippen LogP contribution in [0.2, 0.25) is 0 Å². The molecule has 3 fully saturated rings. The average Bonchev–Trinajstić information content (AvgIpc) is 3.10. The molecule has 1 amide bonds. The zero-order valence-corrected chi connectivity index (χ0v) is 25.7. The highest BCUT2D eigenvalue weighted by Gasteiger charge is 2.36. The number of hydrogen-bond acceptors (Lipinski definition) is 7. The molecule has 8 heteroatoms. The topological polar surface area (TPSA) is 94.2 Å². The predicted octanol–water partition coefficient (Wildman–Crippen LogP) is 6.27. The normalized spacial score (nSPS) is 19.1. The SMILES string of the molecule is O=CCc1ccc(COC(=O)c2cccc(COc3cccc([C@@H](NC(=O)OC4CN5CCC4CC5)c4ccccc4)c3)c2)cc1. The lowest BCUT2D eigenvalue weighted by Gasteiger charge is -2.43. The van der Waals surface area contributed by atoms with Crippen LogP contribution in [0.3, 0.4) is 0 Å². The van der Waals surface area contributed by atoms with Crippen LogP contribution in [0.15, 0.2) is 103 Å². The van der Waals surface area contributed by atoms with Crippen LogP contribution in [0.1, 0.15) is 57.1 Å². The largest absolute Gasteiger partial charge is 0.489 e. The maximum Gasteiger partial charge on any atom is 0.408 e. The molecule has 2 atom stereocenters. The van der Waals surface area contributed by atoms with Gasteiger partial charge in [-0.15, -0.1) is 0 Å². The van der Waals surface area contributed by atoms with Gasteiger partial charge in [0.05, 0.1) is 11.6 Å². The van der Waals surface area contributed by atoms with Gasteiger partial charge in [0.25, 0.3) is 0 Å². The molecule has 0 aliphatic carbocycles. The summed E-state index contributed by atoms with van der Waals surface area (Å²) in [7, 11) is 0. The van der Waals surface area contributed by atoms with Gasteiger partial charge in [0.2, 0.25) is 0 Å². The summed E-state index contributed by atoms with van der Waals surface area (Å²) >= 11 is 0. The number of esters is 1. The summed E-state index contributed by atoms with van der Waals surface area (Å²) in [6.07, 6.45) is 2.86. The first kappa shape index (κ1) is 31.0. The molecule has 3 aliphatic rings. The first-order valence-corrected chi connectivity index (χ1v) is 15.8. The van der Waals surface area contributed by atoms with E-state index in [-0.39, 0.29) is 19.3 Å². The van der Waals surface area contributed by atoms with Gasteiger partial charge < -0.3 is 24.3 Å². The van der Waals surface area contributed by atoms with Crippen molar-refractivity contribution in [3.8, 4) is 5.75 Å². The minimum atomic E-state index is -0.428. The van der Waals surface area contributed by atoms with E-state index in [0.29, 0.717) is 23.7 Å². The quantitative estimate of drug-likeness (QED) is 0.148. The Morgan fingerprint density at radius 1 is 0.804 bits per heavy atom. The molecule has 4 aromatic rings. The van der Waals surface area contributed by atoms with Gasteiger partial charge in [-0.2, -0.15) is 0 Å². The Kier molecular flexibility index (Phi) is 10.0. The molecule has 0 spiro atoms. The highest BCUT2D eigenvalue weighted by Crippen LogP contribution is 2.31. The third-order valence-electron chi connectivity index (χ3n) is 8.72. The summed E-state index contributed by atoms with van der Waals surface area (Å²) in [5.74, 6) is 0.634. The molecule has 2 bridgehead atoms. The lowest BCUT2D eigenvalue weighted by molar-refractivity contribution is -0.107. The van der Waals surface area contributed by atoms with Gasteiger partial charge in [0.1, 0.15) is 31.4 Å². The molecular weight excluding hydrogens is 580 g/mol. The van der Waals surface area contributed by atoms with Crippen LogP contribution in [0.25, 0.3) is 0 Å². The van der Waals surface area contributed by atoms with Crippen molar-refractivity contribution in [1.29, 1.82) is 0 Å². The van der Waals surface area contributed by atoms with Crippen LogP contribution < -0.4 is 10.1 Å². The van der Waals surface area contributed by atoms with E-state index in [1.807, 2.05) is 84.9 Å². The predicted molar refractivity (Wildman–Crippen MR) is 173 cm³/mol. The lowest BCUT2D eigenvalue weighted by atomic mass is 9.86. The van der Waals surface area contributed by atoms with E-state index in [1.165, 1.54) is 0 Å². The molecule has 8 nitrogen and oxygen atoms in total. The third kappa shape index (κ3) is 8.00. The first-order chi connectivity index (χ1) is 22.5. The number of rotatable bonds is 12. The molecule has 3 aliphatic heterocycles. The molecule has 0 radical (unpaired) electrons. The van der Waals surface area contributed by atoms with Crippen LogP contribution in [0.5, 0.6) is 5.75 Å². The highest BCUT2D eigenvalue weighted by molar-refractivity contribution is 5.89. The number of carbonyl (C=O) groups is 3.